The largest absolute Gasteiger partial charge is 0.371 e. The Hall–Kier alpha value is -1.02. The van der Waals surface area contributed by atoms with E-state index in [-0.39, 0.29) is 0 Å². The van der Waals surface area contributed by atoms with Gasteiger partial charge in [-0.3, -0.25) is 0 Å². The molecule has 1 aromatic rings. The van der Waals surface area contributed by atoms with E-state index in [1.165, 1.54) is 36.3 Å². The van der Waals surface area contributed by atoms with Crippen molar-refractivity contribution >= 4 is 5.69 Å². The van der Waals surface area contributed by atoms with Gasteiger partial charge in [0.15, 0.2) is 0 Å². The van der Waals surface area contributed by atoms with Gasteiger partial charge in [0.1, 0.15) is 0 Å². The van der Waals surface area contributed by atoms with E-state index in [9.17, 15) is 0 Å². The van der Waals surface area contributed by atoms with E-state index in [0.29, 0.717) is 11.5 Å². The van der Waals surface area contributed by atoms with Crippen LogP contribution in [0, 0.1) is 18.3 Å². The maximum absolute atomic E-state index is 3.57. The number of hydrogen-bond acceptors (Lipinski definition) is 2. The van der Waals surface area contributed by atoms with Crippen LogP contribution in [-0.4, -0.2) is 19.1 Å². The van der Waals surface area contributed by atoms with Crippen molar-refractivity contribution in [2.45, 2.75) is 60.5 Å². The van der Waals surface area contributed by atoms with Gasteiger partial charge < -0.3 is 10.2 Å². The van der Waals surface area contributed by atoms with Gasteiger partial charge in [-0.2, -0.15) is 0 Å². The maximum Gasteiger partial charge on any atom is 0.0412 e. The lowest BCUT2D eigenvalue weighted by atomic mass is 9.80. The summed E-state index contributed by atoms with van der Waals surface area (Å²) in [5.41, 5.74) is 4.64. The Labute approximate surface area is 130 Å². The van der Waals surface area contributed by atoms with E-state index in [1.807, 2.05) is 0 Å². The van der Waals surface area contributed by atoms with Crippen LogP contribution in [0.4, 0.5) is 5.69 Å². The lowest BCUT2D eigenvalue weighted by molar-refractivity contribution is 0.263. The minimum Gasteiger partial charge on any atom is -0.371 e. The van der Waals surface area contributed by atoms with Crippen LogP contribution in [0.25, 0.3) is 0 Å². The average molecular weight is 288 g/mol. The first-order valence-electron chi connectivity index (χ1n) is 8.35. The first kappa shape index (κ1) is 16.4. The van der Waals surface area contributed by atoms with Gasteiger partial charge in [0, 0.05) is 31.4 Å². The van der Waals surface area contributed by atoms with Crippen LogP contribution in [-0.2, 0) is 6.54 Å². The first-order chi connectivity index (χ1) is 9.77. The highest BCUT2D eigenvalue weighted by molar-refractivity contribution is 5.55. The summed E-state index contributed by atoms with van der Waals surface area (Å²) >= 11 is 0. The van der Waals surface area contributed by atoms with Gasteiger partial charge in [-0.15, -0.1) is 0 Å². The highest BCUT2D eigenvalue weighted by atomic mass is 15.2. The fourth-order valence-electron chi connectivity index (χ4n) is 3.16. The molecule has 21 heavy (non-hydrogen) atoms. The molecule has 1 unspecified atom stereocenters. The molecular weight excluding hydrogens is 256 g/mol. The third-order valence-corrected chi connectivity index (χ3v) is 4.69. The molecule has 0 radical (unpaired) electrons. The number of nitrogens with one attached hydrogen (secondary N) is 1. The fraction of sp³-hybridized carbons (Fsp3) is 0.684. The summed E-state index contributed by atoms with van der Waals surface area (Å²) in [6.45, 7) is 17.1. The van der Waals surface area contributed by atoms with Crippen LogP contribution in [0.2, 0.25) is 0 Å². The van der Waals surface area contributed by atoms with Crippen molar-refractivity contribution in [2.24, 2.45) is 11.3 Å². The molecule has 1 aromatic carbocycles. The summed E-state index contributed by atoms with van der Waals surface area (Å²) in [6, 6.07) is 7.44. The molecule has 1 fully saturated rings. The fourth-order valence-corrected chi connectivity index (χ4v) is 3.16. The van der Waals surface area contributed by atoms with Gasteiger partial charge >= 0.3 is 0 Å². The number of aryl methyl sites for hydroxylation is 1. The van der Waals surface area contributed by atoms with Gasteiger partial charge in [-0.1, -0.05) is 52.3 Å². The van der Waals surface area contributed by atoms with Gasteiger partial charge in [-0.25, -0.2) is 0 Å². The van der Waals surface area contributed by atoms with Gasteiger partial charge in [0.25, 0.3) is 0 Å². The molecule has 0 aliphatic carbocycles. The van der Waals surface area contributed by atoms with Crippen molar-refractivity contribution in [1.29, 1.82) is 0 Å². The van der Waals surface area contributed by atoms with E-state index >= 15 is 0 Å². The molecule has 0 bridgehead atoms. The molecule has 0 amide bonds. The zero-order valence-corrected chi connectivity index (χ0v) is 14.7. The summed E-state index contributed by atoms with van der Waals surface area (Å²) in [6.07, 6.45) is 1.31. The smallest absolute Gasteiger partial charge is 0.0412 e. The Morgan fingerprint density at radius 3 is 2.57 bits per heavy atom. The van der Waals surface area contributed by atoms with Crippen LogP contribution in [0.3, 0.4) is 0 Å². The minimum absolute atomic E-state index is 0.412. The number of anilines is 1. The normalized spacial score (nSPS) is 19.6. The van der Waals surface area contributed by atoms with Gasteiger partial charge in [-0.05, 0) is 36.3 Å². The second kappa shape index (κ2) is 6.39. The lowest BCUT2D eigenvalue weighted by Gasteiger charge is -2.28. The molecule has 1 heterocycles. The van der Waals surface area contributed by atoms with Gasteiger partial charge in [0.2, 0.25) is 0 Å². The number of hydrogen-bond donors (Lipinski definition) is 1. The molecule has 1 atom stereocenters. The van der Waals surface area contributed by atoms with E-state index in [0.717, 1.165) is 12.5 Å². The summed E-state index contributed by atoms with van der Waals surface area (Å²) < 4.78 is 0. The van der Waals surface area contributed by atoms with Crippen LogP contribution < -0.4 is 10.2 Å². The highest BCUT2D eigenvalue weighted by Crippen LogP contribution is 2.36. The number of nitrogens with zero attached hydrogens (tertiary/aromatic N) is 1. The van der Waals surface area contributed by atoms with Crippen molar-refractivity contribution in [3.63, 3.8) is 0 Å². The van der Waals surface area contributed by atoms with Crippen molar-refractivity contribution in [2.75, 3.05) is 18.0 Å². The average Bonchev–Trinajstić information content (AvgIpc) is 2.85. The number of benzene rings is 1. The molecule has 2 nitrogen and oxygen atoms in total. The van der Waals surface area contributed by atoms with E-state index in [2.05, 4.69) is 70.0 Å². The summed E-state index contributed by atoms with van der Waals surface area (Å²) in [4.78, 5) is 2.59. The second-order valence-corrected chi connectivity index (χ2v) is 7.97. The Balaban J connectivity index is 2.16. The molecule has 118 valence electrons. The molecule has 1 aliphatic rings. The van der Waals surface area contributed by atoms with E-state index in [1.54, 1.807) is 0 Å². The zero-order chi connectivity index (χ0) is 15.6. The molecule has 0 aromatic heterocycles. The Bertz CT molecular complexity index is 471. The molecule has 1 N–H and O–H groups in total. The third kappa shape index (κ3) is 4.23. The third-order valence-electron chi connectivity index (χ3n) is 4.69. The Morgan fingerprint density at radius 2 is 2.00 bits per heavy atom. The predicted molar refractivity (Wildman–Crippen MR) is 92.9 cm³/mol. The van der Waals surface area contributed by atoms with Crippen LogP contribution in [0.15, 0.2) is 18.2 Å². The Kier molecular flexibility index (Phi) is 4.98. The van der Waals surface area contributed by atoms with E-state index < -0.39 is 0 Å². The highest BCUT2D eigenvalue weighted by Gasteiger charge is 2.32. The van der Waals surface area contributed by atoms with Crippen LogP contribution in [0.1, 0.15) is 52.2 Å². The Morgan fingerprint density at radius 1 is 1.29 bits per heavy atom. The molecule has 0 spiro atoms. The monoisotopic (exact) mass is 288 g/mol. The quantitative estimate of drug-likeness (QED) is 0.885. The molecule has 2 heteroatoms. The minimum atomic E-state index is 0.412. The molecular formula is C19H32N2. The standard InChI is InChI=1S/C19H32N2/c1-14(2)20-12-16-11-15(3)7-8-18(16)21-10-9-17(13-21)19(4,5)6/h7-8,11,14,17,20H,9-10,12-13H2,1-6H3. The summed E-state index contributed by atoms with van der Waals surface area (Å²) in [5.74, 6) is 0.796. The van der Waals surface area contributed by atoms with E-state index in [4.69, 9.17) is 0 Å². The zero-order valence-electron chi connectivity index (χ0n) is 14.7. The lowest BCUT2D eigenvalue weighted by Crippen LogP contribution is -2.28. The van der Waals surface area contributed by atoms with Gasteiger partial charge in [0.05, 0.1) is 0 Å². The van der Waals surface area contributed by atoms with Crippen molar-refractivity contribution < 1.29 is 0 Å². The molecule has 1 saturated heterocycles. The van der Waals surface area contributed by atoms with Crippen molar-refractivity contribution in [1.82, 2.24) is 5.32 Å². The number of rotatable bonds is 4. The first-order valence-corrected chi connectivity index (χ1v) is 8.35. The molecule has 0 saturated carbocycles. The summed E-state index contributed by atoms with van der Waals surface area (Å²) in [5, 5.41) is 3.57. The van der Waals surface area contributed by atoms with Crippen molar-refractivity contribution in [3.8, 4) is 0 Å². The molecule has 1 aliphatic heterocycles. The molecule has 2 rings (SSSR count). The summed E-state index contributed by atoms with van der Waals surface area (Å²) in [7, 11) is 0. The van der Waals surface area contributed by atoms with Crippen molar-refractivity contribution in [3.05, 3.63) is 29.3 Å². The predicted octanol–water partition coefficient (Wildman–Crippen LogP) is 4.37. The topological polar surface area (TPSA) is 15.3 Å². The van der Waals surface area contributed by atoms with Crippen LogP contribution >= 0.6 is 0 Å². The SMILES string of the molecule is Cc1ccc(N2CCC(C(C)(C)C)C2)c(CNC(C)C)c1. The maximum atomic E-state index is 3.57. The second-order valence-electron chi connectivity index (χ2n) is 7.97. The van der Waals surface area contributed by atoms with Crippen LogP contribution in [0.5, 0.6) is 0 Å².